The lowest BCUT2D eigenvalue weighted by Crippen LogP contribution is -2.28. The molecule has 4 heteroatoms. The molecule has 3 rings (SSSR count). The number of rotatable bonds is 5. The fourth-order valence-electron chi connectivity index (χ4n) is 3.46. The van der Waals surface area contributed by atoms with Gasteiger partial charge in [0.25, 0.3) is 0 Å². The van der Waals surface area contributed by atoms with E-state index in [0.29, 0.717) is 12.2 Å². The fraction of sp³-hybridized carbons (Fsp3) is 0.667. The number of aromatic nitrogens is 1. The highest BCUT2D eigenvalue weighted by molar-refractivity contribution is 5.89. The number of hydrogen-bond acceptors (Lipinski definition) is 4. The summed E-state index contributed by atoms with van der Waals surface area (Å²) in [4.78, 5) is 16.8. The molecule has 0 aromatic carbocycles. The first-order chi connectivity index (χ1) is 10.5. The van der Waals surface area contributed by atoms with Gasteiger partial charge < -0.3 is 10.1 Å². The minimum absolute atomic E-state index is 0.0516. The number of hydrogen-bond donors (Lipinski definition) is 1. The second-order valence-electron chi connectivity index (χ2n) is 7.31. The summed E-state index contributed by atoms with van der Waals surface area (Å²) in [5, 5.41) is 3.49. The Morgan fingerprint density at radius 1 is 1.45 bits per heavy atom. The summed E-state index contributed by atoms with van der Waals surface area (Å²) >= 11 is 0. The Morgan fingerprint density at radius 2 is 2.23 bits per heavy atom. The van der Waals surface area contributed by atoms with Gasteiger partial charge in [-0.2, -0.15) is 0 Å². The van der Waals surface area contributed by atoms with Gasteiger partial charge in [0.15, 0.2) is 5.69 Å². The summed E-state index contributed by atoms with van der Waals surface area (Å²) in [6.07, 6.45) is 6.15. The van der Waals surface area contributed by atoms with Gasteiger partial charge in [0, 0.05) is 12.0 Å². The van der Waals surface area contributed by atoms with E-state index in [1.807, 2.05) is 0 Å². The molecule has 0 spiro atoms. The van der Waals surface area contributed by atoms with Crippen LogP contribution in [-0.2, 0) is 23.1 Å². The first-order valence-corrected chi connectivity index (χ1v) is 8.33. The molecule has 22 heavy (non-hydrogen) atoms. The first kappa shape index (κ1) is 15.5. The Kier molecular flexibility index (Phi) is 4.22. The van der Waals surface area contributed by atoms with Crippen LogP contribution in [-0.4, -0.2) is 24.6 Å². The summed E-state index contributed by atoms with van der Waals surface area (Å²) in [7, 11) is 1.42. The predicted octanol–water partition coefficient (Wildman–Crippen LogP) is 2.98. The smallest absolute Gasteiger partial charge is 0.356 e. The van der Waals surface area contributed by atoms with Crippen molar-refractivity contribution in [3.05, 3.63) is 28.6 Å². The van der Waals surface area contributed by atoms with Crippen LogP contribution >= 0.6 is 0 Å². The average Bonchev–Trinajstić information content (AvgIpc) is 2.75. The second-order valence-corrected chi connectivity index (χ2v) is 7.31. The molecule has 1 saturated carbocycles. The Balaban J connectivity index is 1.82. The number of ether oxygens (including phenoxy) is 1. The zero-order valence-electron chi connectivity index (χ0n) is 13.9. The van der Waals surface area contributed by atoms with Crippen molar-refractivity contribution in [1.82, 2.24) is 10.3 Å². The van der Waals surface area contributed by atoms with E-state index in [-0.39, 0.29) is 11.4 Å². The van der Waals surface area contributed by atoms with E-state index >= 15 is 0 Å². The normalized spacial score (nSPS) is 19.6. The quantitative estimate of drug-likeness (QED) is 0.850. The highest BCUT2D eigenvalue weighted by atomic mass is 16.5. The lowest BCUT2D eigenvalue weighted by Gasteiger charge is -2.25. The number of nitrogens with zero attached hydrogens (tertiary/aromatic N) is 1. The van der Waals surface area contributed by atoms with E-state index in [2.05, 4.69) is 25.2 Å². The molecular formula is C18H26N2O2. The van der Waals surface area contributed by atoms with Crippen LogP contribution in [0.3, 0.4) is 0 Å². The van der Waals surface area contributed by atoms with Crippen LogP contribution in [0.5, 0.6) is 0 Å². The molecule has 0 unspecified atom stereocenters. The summed E-state index contributed by atoms with van der Waals surface area (Å²) in [6.45, 7) is 6.12. The SMILES string of the molecule is COC(=O)c1nc2c(cc1CNCC1CCC1)CCC2(C)C. The van der Waals surface area contributed by atoms with Crippen molar-refractivity contribution in [3.63, 3.8) is 0 Å². The van der Waals surface area contributed by atoms with Gasteiger partial charge in [-0.1, -0.05) is 26.3 Å². The molecule has 1 fully saturated rings. The third-order valence-corrected chi connectivity index (χ3v) is 5.19. The highest BCUT2D eigenvalue weighted by Gasteiger charge is 2.33. The van der Waals surface area contributed by atoms with E-state index in [9.17, 15) is 4.79 Å². The predicted molar refractivity (Wildman–Crippen MR) is 86.0 cm³/mol. The maximum atomic E-state index is 12.1. The molecule has 1 aromatic rings. The molecule has 4 nitrogen and oxygen atoms in total. The van der Waals surface area contributed by atoms with Gasteiger partial charge in [-0.05, 0) is 49.3 Å². The number of fused-ring (bicyclic) bond motifs is 1. The average molecular weight is 302 g/mol. The molecular weight excluding hydrogens is 276 g/mol. The molecule has 1 heterocycles. The second kappa shape index (κ2) is 5.99. The van der Waals surface area contributed by atoms with Crippen molar-refractivity contribution in [2.75, 3.05) is 13.7 Å². The van der Waals surface area contributed by atoms with Crippen molar-refractivity contribution >= 4 is 5.97 Å². The minimum Gasteiger partial charge on any atom is -0.464 e. The number of carbonyl (C=O) groups is 1. The lowest BCUT2D eigenvalue weighted by molar-refractivity contribution is 0.0592. The van der Waals surface area contributed by atoms with Gasteiger partial charge in [-0.15, -0.1) is 0 Å². The highest BCUT2D eigenvalue weighted by Crippen LogP contribution is 2.37. The number of carbonyl (C=O) groups excluding carboxylic acids is 1. The van der Waals surface area contributed by atoms with E-state index in [0.717, 1.165) is 36.6 Å². The summed E-state index contributed by atoms with van der Waals surface area (Å²) < 4.78 is 4.94. The zero-order valence-corrected chi connectivity index (χ0v) is 13.9. The van der Waals surface area contributed by atoms with Gasteiger partial charge >= 0.3 is 5.97 Å². The van der Waals surface area contributed by atoms with Gasteiger partial charge in [0.2, 0.25) is 0 Å². The molecule has 1 aromatic heterocycles. The van der Waals surface area contributed by atoms with Crippen molar-refractivity contribution < 1.29 is 9.53 Å². The maximum absolute atomic E-state index is 12.1. The van der Waals surface area contributed by atoms with Crippen LogP contribution in [0, 0.1) is 5.92 Å². The van der Waals surface area contributed by atoms with E-state index < -0.39 is 0 Å². The maximum Gasteiger partial charge on any atom is 0.356 e. The van der Waals surface area contributed by atoms with E-state index in [1.54, 1.807) is 0 Å². The molecule has 0 radical (unpaired) electrons. The standard InChI is InChI=1S/C18H26N2O2/c1-18(2)8-7-13-9-14(11-19-10-12-5-4-6-12)15(17(21)22-3)20-16(13)18/h9,12,19H,4-8,10-11H2,1-3H3. The summed E-state index contributed by atoms with van der Waals surface area (Å²) in [5.74, 6) is 0.480. The number of aryl methyl sites for hydroxylation is 1. The van der Waals surface area contributed by atoms with Crippen LogP contribution in [0.4, 0.5) is 0 Å². The topological polar surface area (TPSA) is 51.2 Å². The van der Waals surface area contributed by atoms with Gasteiger partial charge in [-0.25, -0.2) is 9.78 Å². The molecule has 2 aliphatic carbocycles. The van der Waals surface area contributed by atoms with Gasteiger partial charge in [-0.3, -0.25) is 0 Å². The third kappa shape index (κ3) is 2.89. The van der Waals surface area contributed by atoms with E-state index in [4.69, 9.17) is 9.72 Å². The van der Waals surface area contributed by atoms with Crippen LogP contribution in [0.2, 0.25) is 0 Å². The van der Waals surface area contributed by atoms with Gasteiger partial charge in [0.1, 0.15) is 0 Å². The fourth-order valence-corrected chi connectivity index (χ4v) is 3.46. The third-order valence-electron chi connectivity index (χ3n) is 5.19. The van der Waals surface area contributed by atoms with Crippen molar-refractivity contribution in [1.29, 1.82) is 0 Å². The number of esters is 1. The molecule has 120 valence electrons. The number of pyridine rings is 1. The molecule has 0 amide bonds. The largest absolute Gasteiger partial charge is 0.464 e. The molecule has 0 saturated heterocycles. The summed E-state index contributed by atoms with van der Waals surface area (Å²) in [5.41, 5.74) is 3.87. The van der Waals surface area contributed by atoms with Crippen LogP contribution in [0.1, 0.15) is 66.8 Å². The number of nitrogens with one attached hydrogen (secondary N) is 1. The molecule has 0 aliphatic heterocycles. The first-order valence-electron chi connectivity index (χ1n) is 8.33. The lowest BCUT2D eigenvalue weighted by atomic mass is 9.85. The molecule has 0 atom stereocenters. The Labute approximate surface area is 132 Å². The number of methoxy groups -OCH3 is 1. The minimum atomic E-state index is -0.328. The summed E-state index contributed by atoms with van der Waals surface area (Å²) in [6, 6.07) is 2.16. The zero-order chi connectivity index (χ0) is 15.7. The van der Waals surface area contributed by atoms with Crippen molar-refractivity contribution in [2.45, 2.75) is 57.9 Å². The van der Waals surface area contributed by atoms with Crippen molar-refractivity contribution in [2.24, 2.45) is 5.92 Å². The molecule has 1 N–H and O–H groups in total. The van der Waals surface area contributed by atoms with E-state index in [1.165, 1.54) is 31.9 Å². The Hall–Kier alpha value is -1.42. The molecule has 2 aliphatic rings. The van der Waals surface area contributed by atoms with Crippen molar-refractivity contribution in [3.8, 4) is 0 Å². The monoisotopic (exact) mass is 302 g/mol. The van der Waals surface area contributed by atoms with Crippen LogP contribution in [0.15, 0.2) is 6.07 Å². The Morgan fingerprint density at radius 3 is 2.86 bits per heavy atom. The van der Waals surface area contributed by atoms with Crippen LogP contribution in [0.25, 0.3) is 0 Å². The Bertz CT molecular complexity index is 577. The van der Waals surface area contributed by atoms with Gasteiger partial charge in [0.05, 0.1) is 12.8 Å². The van der Waals surface area contributed by atoms with Crippen LogP contribution < -0.4 is 5.32 Å². The molecule has 0 bridgehead atoms.